The van der Waals surface area contributed by atoms with Crippen LogP contribution in [-0.2, 0) is 9.53 Å². The van der Waals surface area contributed by atoms with Gasteiger partial charge in [-0.2, -0.15) is 0 Å². The predicted octanol–water partition coefficient (Wildman–Crippen LogP) is 3.01. The summed E-state index contributed by atoms with van der Waals surface area (Å²) >= 11 is 0. The van der Waals surface area contributed by atoms with Crippen molar-refractivity contribution in [1.29, 1.82) is 0 Å². The van der Waals surface area contributed by atoms with Crippen molar-refractivity contribution >= 4 is 16.7 Å². The molecule has 0 amide bonds. The van der Waals surface area contributed by atoms with Crippen molar-refractivity contribution < 1.29 is 9.53 Å². The summed E-state index contributed by atoms with van der Waals surface area (Å²) in [5, 5.41) is 5.71. The van der Waals surface area contributed by atoms with Crippen LogP contribution in [0.1, 0.15) is 17.9 Å². The van der Waals surface area contributed by atoms with E-state index >= 15 is 0 Å². The van der Waals surface area contributed by atoms with Gasteiger partial charge in [-0.15, -0.1) is 0 Å². The third-order valence-corrected chi connectivity index (χ3v) is 3.98. The standard InChI is InChI=1S/C18H19NO2/c1-21-18(20)17(16-8-4-5-11-19-16)15-10-9-13-6-2-3-7-14(13)12-15/h2-4,6-10,12,16-17,19H,5,11H2,1H3/t16-,17+/m1/s1. The predicted molar refractivity (Wildman–Crippen MR) is 84.3 cm³/mol. The first kappa shape index (κ1) is 13.8. The minimum absolute atomic E-state index is 0.00707. The number of hydrogen-bond donors (Lipinski definition) is 1. The SMILES string of the molecule is COC(=O)[C@@H](c1ccc2ccccc2c1)[C@H]1C=CCCN1. The number of fused-ring (bicyclic) bond motifs is 1. The summed E-state index contributed by atoms with van der Waals surface area (Å²) in [5.74, 6) is -0.509. The smallest absolute Gasteiger partial charge is 0.315 e. The van der Waals surface area contributed by atoms with E-state index in [1.54, 1.807) is 0 Å². The molecule has 1 aliphatic heterocycles. The van der Waals surface area contributed by atoms with Gasteiger partial charge in [-0.05, 0) is 29.3 Å². The highest BCUT2D eigenvalue weighted by Gasteiger charge is 2.29. The number of nitrogens with one attached hydrogen (secondary N) is 1. The molecule has 0 spiro atoms. The van der Waals surface area contributed by atoms with E-state index in [0.29, 0.717) is 0 Å². The summed E-state index contributed by atoms with van der Waals surface area (Å²) in [6.45, 7) is 0.891. The molecule has 2 atom stereocenters. The Morgan fingerprint density at radius 1 is 1.24 bits per heavy atom. The van der Waals surface area contributed by atoms with E-state index in [9.17, 15) is 4.79 Å². The van der Waals surface area contributed by atoms with Crippen LogP contribution in [0.3, 0.4) is 0 Å². The van der Waals surface area contributed by atoms with Crippen LogP contribution >= 0.6 is 0 Å². The van der Waals surface area contributed by atoms with Gasteiger partial charge < -0.3 is 10.1 Å². The van der Waals surface area contributed by atoms with Crippen molar-refractivity contribution in [2.75, 3.05) is 13.7 Å². The van der Waals surface area contributed by atoms with Crippen LogP contribution in [0.2, 0.25) is 0 Å². The van der Waals surface area contributed by atoms with Gasteiger partial charge in [0.2, 0.25) is 0 Å². The topological polar surface area (TPSA) is 38.3 Å². The molecule has 0 fully saturated rings. The number of esters is 1. The van der Waals surface area contributed by atoms with E-state index in [1.165, 1.54) is 12.5 Å². The van der Waals surface area contributed by atoms with E-state index < -0.39 is 0 Å². The van der Waals surface area contributed by atoms with Gasteiger partial charge in [-0.25, -0.2) is 0 Å². The average molecular weight is 281 g/mol. The van der Waals surface area contributed by atoms with Gasteiger partial charge in [0.1, 0.15) is 5.92 Å². The molecule has 3 nitrogen and oxygen atoms in total. The second kappa shape index (κ2) is 6.10. The molecule has 0 radical (unpaired) electrons. The van der Waals surface area contributed by atoms with Crippen LogP contribution in [0.4, 0.5) is 0 Å². The van der Waals surface area contributed by atoms with Crippen molar-refractivity contribution in [2.24, 2.45) is 0 Å². The molecule has 1 heterocycles. The van der Waals surface area contributed by atoms with Gasteiger partial charge in [-0.3, -0.25) is 4.79 Å². The maximum Gasteiger partial charge on any atom is 0.315 e. The monoisotopic (exact) mass is 281 g/mol. The van der Waals surface area contributed by atoms with Crippen LogP contribution in [0.15, 0.2) is 54.6 Å². The van der Waals surface area contributed by atoms with E-state index in [0.717, 1.165) is 23.9 Å². The van der Waals surface area contributed by atoms with Crippen LogP contribution in [0, 0.1) is 0 Å². The molecule has 0 saturated carbocycles. The van der Waals surface area contributed by atoms with Gasteiger partial charge >= 0.3 is 5.97 Å². The number of benzene rings is 2. The fourth-order valence-corrected chi connectivity index (χ4v) is 2.89. The lowest BCUT2D eigenvalue weighted by Gasteiger charge is -2.26. The molecular weight excluding hydrogens is 262 g/mol. The zero-order valence-corrected chi connectivity index (χ0v) is 12.1. The lowest BCUT2D eigenvalue weighted by atomic mass is 9.88. The lowest BCUT2D eigenvalue weighted by molar-refractivity contribution is -0.142. The van der Waals surface area contributed by atoms with Gasteiger partial charge in [0.05, 0.1) is 7.11 Å². The van der Waals surface area contributed by atoms with Crippen molar-refractivity contribution in [2.45, 2.75) is 18.4 Å². The number of carbonyl (C=O) groups excluding carboxylic acids is 1. The van der Waals surface area contributed by atoms with E-state index in [4.69, 9.17) is 4.74 Å². The van der Waals surface area contributed by atoms with Gasteiger partial charge in [0.15, 0.2) is 0 Å². The summed E-state index contributed by atoms with van der Waals surface area (Å²) in [7, 11) is 1.45. The molecular formula is C18H19NO2. The molecule has 21 heavy (non-hydrogen) atoms. The van der Waals surface area contributed by atoms with Crippen molar-refractivity contribution in [3.8, 4) is 0 Å². The summed E-state index contributed by atoms with van der Waals surface area (Å²) < 4.78 is 5.02. The van der Waals surface area contributed by atoms with Crippen LogP contribution < -0.4 is 5.32 Å². The molecule has 0 bridgehead atoms. The number of ether oxygens (including phenoxy) is 1. The third-order valence-electron chi connectivity index (χ3n) is 3.98. The Bertz CT molecular complexity index is 678. The molecule has 108 valence electrons. The lowest BCUT2D eigenvalue weighted by Crippen LogP contribution is -2.39. The van der Waals surface area contributed by atoms with Crippen LogP contribution in [0.25, 0.3) is 10.8 Å². The second-order valence-corrected chi connectivity index (χ2v) is 5.30. The van der Waals surface area contributed by atoms with Crippen LogP contribution in [0.5, 0.6) is 0 Å². The highest BCUT2D eigenvalue weighted by molar-refractivity contribution is 5.86. The zero-order chi connectivity index (χ0) is 14.7. The number of methoxy groups -OCH3 is 1. The first-order valence-electron chi connectivity index (χ1n) is 7.26. The molecule has 0 aliphatic carbocycles. The second-order valence-electron chi connectivity index (χ2n) is 5.30. The molecule has 1 aliphatic rings. The quantitative estimate of drug-likeness (QED) is 0.694. The van der Waals surface area contributed by atoms with Crippen molar-refractivity contribution in [1.82, 2.24) is 5.32 Å². The largest absolute Gasteiger partial charge is 0.468 e. The Kier molecular flexibility index (Phi) is 4.02. The molecule has 3 heteroatoms. The molecule has 0 aromatic heterocycles. The fourth-order valence-electron chi connectivity index (χ4n) is 2.89. The van der Waals surface area contributed by atoms with Gasteiger partial charge in [0.25, 0.3) is 0 Å². The summed E-state index contributed by atoms with van der Waals surface area (Å²) in [6, 6.07) is 14.3. The highest BCUT2D eigenvalue weighted by Crippen LogP contribution is 2.27. The Morgan fingerprint density at radius 3 is 2.76 bits per heavy atom. The van der Waals surface area contributed by atoms with Crippen molar-refractivity contribution in [3.63, 3.8) is 0 Å². The Hall–Kier alpha value is -2.13. The Labute approximate surface area is 124 Å². The minimum Gasteiger partial charge on any atom is -0.468 e. The zero-order valence-electron chi connectivity index (χ0n) is 12.1. The Morgan fingerprint density at radius 2 is 2.05 bits per heavy atom. The number of carbonyl (C=O) groups is 1. The molecule has 0 saturated heterocycles. The highest BCUT2D eigenvalue weighted by atomic mass is 16.5. The van der Waals surface area contributed by atoms with Crippen molar-refractivity contribution in [3.05, 3.63) is 60.2 Å². The minimum atomic E-state index is -0.309. The Balaban J connectivity index is 2.02. The maximum absolute atomic E-state index is 12.3. The third kappa shape index (κ3) is 2.83. The molecule has 2 aromatic carbocycles. The number of rotatable bonds is 3. The van der Waals surface area contributed by atoms with E-state index in [-0.39, 0.29) is 17.9 Å². The maximum atomic E-state index is 12.3. The van der Waals surface area contributed by atoms with Gasteiger partial charge in [0, 0.05) is 6.04 Å². The molecule has 0 unspecified atom stereocenters. The average Bonchev–Trinajstić information content (AvgIpc) is 2.56. The van der Waals surface area contributed by atoms with E-state index in [2.05, 4.69) is 41.7 Å². The molecule has 1 N–H and O–H groups in total. The molecule has 3 rings (SSSR count). The first-order valence-corrected chi connectivity index (χ1v) is 7.26. The van der Waals surface area contributed by atoms with E-state index in [1.807, 2.05) is 18.2 Å². The first-order chi connectivity index (χ1) is 10.3. The van der Waals surface area contributed by atoms with Crippen LogP contribution in [-0.4, -0.2) is 25.7 Å². The normalized spacial score (nSPS) is 19.4. The summed E-state index contributed by atoms with van der Waals surface area (Å²) in [5.41, 5.74) is 0.990. The number of hydrogen-bond acceptors (Lipinski definition) is 3. The molecule has 2 aromatic rings. The summed E-state index contributed by atoms with van der Waals surface area (Å²) in [6.07, 6.45) is 5.19. The van der Waals surface area contributed by atoms with Gasteiger partial charge in [-0.1, -0.05) is 54.6 Å². The fraction of sp³-hybridized carbons (Fsp3) is 0.278. The summed E-state index contributed by atoms with van der Waals surface area (Å²) in [4.78, 5) is 12.3.